The Labute approximate surface area is 105 Å². The lowest BCUT2D eigenvalue weighted by molar-refractivity contribution is -0.143. The van der Waals surface area contributed by atoms with E-state index in [9.17, 15) is 28.2 Å². The number of carbonyl (C=O) groups excluding carboxylic acids is 1. The molecule has 0 aliphatic heterocycles. The highest BCUT2D eigenvalue weighted by Gasteiger charge is 2.39. The highest BCUT2D eigenvalue weighted by Crippen LogP contribution is 2.34. The average molecular weight is 280 g/mol. The Hall–Kier alpha value is -1.94. The molecule has 0 radical (unpaired) electrons. The van der Waals surface area contributed by atoms with E-state index < -0.39 is 47.9 Å². The fourth-order valence-electron chi connectivity index (χ4n) is 1.37. The number of nitrogens with zero attached hydrogens (tertiary/aromatic N) is 2. The van der Waals surface area contributed by atoms with Crippen LogP contribution in [-0.2, 0) is 11.0 Å². The predicted octanol–water partition coefficient (Wildman–Crippen LogP) is -0.653. The van der Waals surface area contributed by atoms with Crippen LogP contribution in [0, 0.1) is 0 Å². The van der Waals surface area contributed by atoms with Crippen LogP contribution in [-0.4, -0.2) is 32.2 Å². The second kappa shape index (κ2) is 5.36. The predicted molar refractivity (Wildman–Crippen MR) is 56.2 cm³/mol. The van der Waals surface area contributed by atoms with E-state index in [1.807, 2.05) is 0 Å². The molecule has 6 N–H and O–H groups in total. The standard InChI is InChI=1S/C9H11F3N4O3/c10-9(11,12)7-3(2-15-8(14)16-7)6(19)4(17)1-5(13)18/h2,4,6,17,19H,1H2,(H2,13,18)(H2,14,15,16). The first-order valence-electron chi connectivity index (χ1n) is 4.97. The number of aliphatic hydroxyl groups excluding tert-OH is 2. The van der Waals surface area contributed by atoms with Crippen LogP contribution < -0.4 is 11.5 Å². The maximum atomic E-state index is 12.7. The maximum absolute atomic E-state index is 12.7. The van der Waals surface area contributed by atoms with Gasteiger partial charge in [-0.25, -0.2) is 9.97 Å². The van der Waals surface area contributed by atoms with Crippen LogP contribution in [0.2, 0.25) is 0 Å². The van der Waals surface area contributed by atoms with Gasteiger partial charge < -0.3 is 21.7 Å². The minimum atomic E-state index is -4.89. The van der Waals surface area contributed by atoms with Crippen LogP contribution in [0.1, 0.15) is 23.8 Å². The van der Waals surface area contributed by atoms with E-state index in [1.165, 1.54) is 0 Å². The molecule has 10 heteroatoms. The molecular weight excluding hydrogens is 269 g/mol. The number of halogens is 3. The van der Waals surface area contributed by atoms with Crippen LogP contribution in [0.3, 0.4) is 0 Å². The number of hydrogen-bond acceptors (Lipinski definition) is 6. The molecule has 1 aromatic rings. The smallest absolute Gasteiger partial charge is 0.390 e. The summed E-state index contributed by atoms with van der Waals surface area (Å²) in [7, 11) is 0. The Bertz CT molecular complexity index is 480. The first kappa shape index (κ1) is 15.1. The summed E-state index contributed by atoms with van der Waals surface area (Å²) < 4.78 is 38.1. The van der Waals surface area contributed by atoms with Crippen molar-refractivity contribution >= 4 is 11.9 Å². The van der Waals surface area contributed by atoms with Gasteiger partial charge in [-0.3, -0.25) is 4.79 Å². The molecule has 0 saturated carbocycles. The molecular formula is C9H11F3N4O3. The van der Waals surface area contributed by atoms with Gasteiger partial charge in [0, 0.05) is 11.8 Å². The fraction of sp³-hybridized carbons (Fsp3) is 0.444. The highest BCUT2D eigenvalue weighted by atomic mass is 19.4. The molecule has 1 rings (SSSR count). The van der Waals surface area contributed by atoms with Crippen molar-refractivity contribution in [2.45, 2.75) is 24.8 Å². The molecule has 0 aliphatic rings. The van der Waals surface area contributed by atoms with Crippen LogP contribution in [0.25, 0.3) is 0 Å². The number of nitrogens with two attached hydrogens (primary N) is 2. The lowest BCUT2D eigenvalue weighted by Crippen LogP contribution is -2.28. The zero-order valence-corrected chi connectivity index (χ0v) is 9.42. The van der Waals surface area contributed by atoms with Crippen molar-refractivity contribution in [2.24, 2.45) is 5.73 Å². The first-order chi connectivity index (χ1) is 8.62. The number of aliphatic hydroxyl groups is 2. The quantitative estimate of drug-likeness (QED) is 0.578. The zero-order valence-electron chi connectivity index (χ0n) is 9.42. The Balaban J connectivity index is 3.16. The molecule has 0 spiro atoms. The van der Waals surface area contributed by atoms with E-state index in [-0.39, 0.29) is 0 Å². The molecule has 106 valence electrons. The summed E-state index contributed by atoms with van der Waals surface area (Å²) in [4.78, 5) is 16.9. The Kier molecular flexibility index (Phi) is 4.27. The molecule has 1 aromatic heterocycles. The molecule has 1 amide bonds. The number of hydrogen-bond donors (Lipinski definition) is 4. The minimum Gasteiger partial charge on any atom is -0.390 e. The normalized spacial score (nSPS) is 15.0. The number of carbonyl (C=O) groups is 1. The summed E-state index contributed by atoms with van der Waals surface area (Å²) >= 11 is 0. The third-order valence-electron chi connectivity index (χ3n) is 2.20. The van der Waals surface area contributed by atoms with E-state index >= 15 is 0 Å². The highest BCUT2D eigenvalue weighted by molar-refractivity contribution is 5.74. The van der Waals surface area contributed by atoms with Gasteiger partial charge in [-0.05, 0) is 0 Å². The van der Waals surface area contributed by atoms with Gasteiger partial charge in [-0.1, -0.05) is 0 Å². The van der Waals surface area contributed by atoms with Crippen molar-refractivity contribution in [3.05, 3.63) is 17.5 Å². The summed E-state index contributed by atoms with van der Waals surface area (Å²) in [6, 6.07) is 0. The first-order valence-corrected chi connectivity index (χ1v) is 4.97. The number of primary amides is 1. The zero-order chi connectivity index (χ0) is 14.8. The lowest BCUT2D eigenvalue weighted by Gasteiger charge is -2.20. The van der Waals surface area contributed by atoms with Crippen LogP contribution in [0.4, 0.5) is 19.1 Å². The van der Waals surface area contributed by atoms with Crippen molar-refractivity contribution < 1.29 is 28.2 Å². The third kappa shape index (κ3) is 3.76. The molecule has 7 nitrogen and oxygen atoms in total. The summed E-state index contributed by atoms with van der Waals surface area (Å²) in [6.07, 6.45) is -8.77. The van der Waals surface area contributed by atoms with Crippen LogP contribution >= 0.6 is 0 Å². The topological polar surface area (TPSA) is 135 Å². The molecule has 19 heavy (non-hydrogen) atoms. The molecule has 1 heterocycles. The summed E-state index contributed by atoms with van der Waals surface area (Å²) in [6.45, 7) is 0. The average Bonchev–Trinajstić information content (AvgIpc) is 2.25. The monoisotopic (exact) mass is 280 g/mol. The van der Waals surface area contributed by atoms with Crippen molar-refractivity contribution in [1.29, 1.82) is 0 Å². The summed E-state index contributed by atoms with van der Waals surface area (Å²) in [5.74, 6) is -1.61. The van der Waals surface area contributed by atoms with Gasteiger partial charge in [0.15, 0.2) is 5.69 Å². The molecule has 0 saturated heterocycles. The Morgan fingerprint density at radius 3 is 2.47 bits per heavy atom. The van der Waals surface area contributed by atoms with Gasteiger partial charge >= 0.3 is 6.18 Å². The molecule has 0 aromatic carbocycles. The molecule has 0 fully saturated rings. The minimum absolute atomic E-state index is 0.632. The van der Waals surface area contributed by atoms with Gasteiger partial charge in [0.2, 0.25) is 11.9 Å². The molecule has 0 aliphatic carbocycles. The van der Waals surface area contributed by atoms with E-state index in [0.717, 1.165) is 0 Å². The molecule has 2 unspecified atom stereocenters. The van der Waals surface area contributed by atoms with Crippen molar-refractivity contribution in [3.63, 3.8) is 0 Å². The van der Waals surface area contributed by atoms with Crippen LogP contribution in [0.5, 0.6) is 0 Å². The largest absolute Gasteiger partial charge is 0.433 e. The van der Waals surface area contributed by atoms with E-state index in [1.54, 1.807) is 0 Å². The Morgan fingerprint density at radius 1 is 1.42 bits per heavy atom. The molecule has 2 atom stereocenters. The third-order valence-corrected chi connectivity index (χ3v) is 2.20. The van der Waals surface area contributed by atoms with E-state index in [4.69, 9.17) is 11.5 Å². The van der Waals surface area contributed by atoms with Gasteiger partial charge in [0.25, 0.3) is 0 Å². The van der Waals surface area contributed by atoms with Crippen molar-refractivity contribution in [2.75, 3.05) is 5.73 Å². The summed E-state index contributed by atoms with van der Waals surface area (Å²) in [5.41, 5.74) is 7.56. The number of aromatic nitrogens is 2. The van der Waals surface area contributed by atoms with Gasteiger partial charge in [-0.15, -0.1) is 0 Å². The maximum Gasteiger partial charge on any atom is 0.433 e. The van der Waals surface area contributed by atoms with Crippen LogP contribution in [0.15, 0.2) is 6.20 Å². The number of nitrogen functional groups attached to an aromatic ring is 1. The van der Waals surface area contributed by atoms with E-state index in [0.29, 0.717) is 6.20 Å². The Morgan fingerprint density at radius 2 is 2.00 bits per heavy atom. The second-order valence-electron chi connectivity index (χ2n) is 3.71. The van der Waals surface area contributed by atoms with Crippen molar-refractivity contribution in [1.82, 2.24) is 9.97 Å². The SMILES string of the molecule is NC(=O)CC(O)C(O)c1cnc(N)nc1C(F)(F)F. The lowest BCUT2D eigenvalue weighted by atomic mass is 10.0. The number of amides is 1. The number of alkyl halides is 3. The van der Waals surface area contributed by atoms with Gasteiger partial charge in [-0.2, -0.15) is 13.2 Å². The fourth-order valence-corrected chi connectivity index (χ4v) is 1.37. The second-order valence-corrected chi connectivity index (χ2v) is 3.71. The van der Waals surface area contributed by atoms with Gasteiger partial charge in [0.05, 0.1) is 12.5 Å². The molecule has 0 bridgehead atoms. The number of anilines is 1. The van der Waals surface area contributed by atoms with Crippen molar-refractivity contribution in [3.8, 4) is 0 Å². The van der Waals surface area contributed by atoms with Gasteiger partial charge in [0.1, 0.15) is 6.10 Å². The summed E-state index contributed by atoms with van der Waals surface area (Å²) in [5, 5.41) is 19.0. The van der Waals surface area contributed by atoms with E-state index in [2.05, 4.69) is 9.97 Å². The number of rotatable bonds is 4.